The van der Waals surface area contributed by atoms with Crippen LogP contribution >= 0.6 is 0 Å². The number of ketones is 1. The summed E-state index contributed by atoms with van der Waals surface area (Å²) < 4.78 is 10.8. The highest BCUT2D eigenvalue weighted by Crippen LogP contribution is 2.39. The fourth-order valence-electron chi connectivity index (χ4n) is 4.47. The number of hydrogen-bond donors (Lipinski definition) is 0. The van der Waals surface area contributed by atoms with Crippen LogP contribution in [0.25, 0.3) is 0 Å². The minimum atomic E-state index is 0.0905. The third-order valence-electron chi connectivity index (χ3n) is 6.04. The number of methoxy groups -OCH3 is 2. The van der Waals surface area contributed by atoms with Gasteiger partial charge in [0.05, 0.1) is 14.2 Å². The molecule has 1 aromatic carbocycles. The van der Waals surface area contributed by atoms with E-state index in [2.05, 4.69) is 18.1 Å². The zero-order chi connectivity index (χ0) is 20.1. The Morgan fingerprint density at radius 1 is 1.18 bits per heavy atom. The number of hydrogen-bond acceptors (Lipinski definition) is 4. The number of ether oxygens (including phenoxy) is 2. The fraction of sp³-hybridized carbons (Fsp3) is 0.458. The Bertz CT molecular complexity index is 772. The van der Waals surface area contributed by atoms with Gasteiger partial charge in [0, 0.05) is 18.0 Å². The second-order valence-electron chi connectivity index (χ2n) is 7.77. The van der Waals surface area contributed by atoms with E-state index in [9.17, 15) is 4.79 Å². The first-order valence-corrected chi connectivity index (χ1v) is 10.0. The van der Waals surface area contributed by atoms with Gasteiger partial charge in [-0.25, -0.2) is 0 Å². The summed E-state index contributed by atoms with van der Waals surface area (Å²) in [6.45, 7) is 10.7. The number of nitrogens with zero attached hydrogens (tertiary/aromatic N) is 1. The van der Waals surface area contributed by atoms with Crippen molar-refractivity contribution < 1.29 is 14.3 Å². The average Bonchev–Trinajstić information content (AvgIpc) is 3.02. The van der Waals surface area contributed by atoms with Crippen LogP contribution in [-0.4, -0.2) is 44.5 Å². The summed E-state index contributed by atoms with van der Waals surface area (Å²) in [4.78, 5) is 15.4. The summed E-state index contributed by atoms with van der Waals surface area (Å²) in [5, 5.41) is 0. The molecule has 0 bridgehead atoms. The minimum Gasteiger partial charge on any atom is -0.493 e. The summed E-state index contributed by atoms with van der Waals surface area (Å²) in [6, 6.07) is 3.82. The summed E-state index contributed by atoms with van der Waals surface area (Å²) in [5.41, 5.74) is 3.11. The lowest BCUT2D eigenvalue weighted by molar-refractivity contribution is 0.0900. The van der Waals surface area contributed by atoms with Crippen molar-refractivity contribution in [3.63, 3.8) is 0 Å². The molecule has 1 unspecified atom stereocenters. The van der Waals surface area contributed by atoms with Gasteiger partial charge in [-0.2, -0.15) is 0 Å². The number of carbonyl (C=O) groups excluding carboxylic acids is 1. The predicted octanol–water partition coefficient (Wildman–Crippen LogP) is 4.46. The van der Waals surface area contributed by atoms with Crippen LogP contribution < -0.4 is 9.47 Å². The minimum absolute atomic E-state index is 0.0905. The first-order valence-electron chi connectivity index (χ1n) is 10.0. The third kappa shape index (κ3) is 4.39. The first kappa shape index (κ1) is 20.4. The van der Waals surface area contributed by atoms with Crippen LogP contribution in [0.1, 0.15) is 35.2 Å². The molecule has 3 rings (SSSR count). The summed E-state index contributed by atoms with van der Waals surface area (Å²) in [6.07, 6.45) is 9.83. The lowest BCUT2D eigenvalue weighted by Gasteiger charge is -2.33. The van der Waals surface area contributed by atoms with Gasteiger partial charge in [-0.1, -0.05) is 31.4 Å². The van der Waals surface area contributed by atoms with Crippen molar-refractivity contribution in [1.29, 1.82) is 0 Å². The maximum absolute atomic E-state index is 12.9. The van der Waals surface area contributed by atoms with E-state index in [4.69, 9.17) is 9.47 Å². The van der Waals surface area contributed by atoms with Crippen LogP contribution in [0.2, 0.25) is 0 Å². The summed E-state index contributed by atoms with van der Waals surface area (Å²) in [5.74, 6) is 2.30. The number of rotatable bonds is 8. The van der Waals surface area contributed by atoms with Crippen LogP contribution in [0.3, 0.4) is 0 Å². The largest absolute Gasteiger partial charge is 0.493 e. The summed E-state index contributed by atoms with van der Waals surface area (Å²) in [7, 11) is 3.24. The average molecular weight is 382 g/mol. The molecule has 1 aliphatic heterocycles. The molecule has 28 heavy (non-hydrogen) atoms. The van der Waals surface area contributed by atoms with Crippen LogP contribution in [0.5, 0.6) is 11.5 Å². The number of fused-ring (bicyclic) bond motifs is 1. The van der Waals surface area contributed by atoms with Gasteiger partial charge in [0.15, 0.2) is 17.3 Å². The Balaban J connectivity index is 1.57. The van der Waals surface area contributed by atoms with Crippen LogP contribution in [-0.2, 0) is 6.42 Å². The van der Waals surface area contributed by atoms with Gasteiger partial charge in [0.25, 0.3) is 0 Å². The number of allylic oxidation sites excluding steroid dienone is 2. The van der Waals surface area contributed by atoms with E-state index in [1.165, 1.54) is 5.57 Å². The molecule has 1 fully saturated rings. The van der Waals surface area contributed by atoms with Crippen molar-refractivity contribution in [2.45, 2.75) is 25.7 Å². The summed E-state index contributed by atoms with van der Waals surface area (Å²) >= 11 is 0. The van der Waals surface area contributed by atoms with Crippen LogP contribution in [0.4, 0.5) is 0 Å². The maximum atomic E-state index is 12.9. The molecule has 0 spiro atoms. The van der Waals surface area contributed by atoms with Crippen molar-refractivity contribution in [2.75, 3.05) is 33.9 Å². The number of carbonyl (C=O) groups is 1. The zero-order valence-corrected chi connectivity index (χ0v) is 17.1. The van der Waals surface area contributed by atoms with E-state index >= 15 is 0 Å². The quantitative estimate of drug-likeness (QED) is 0.623. The standard InChI is InChI=1S/C24H31NO3/c1-5-7-17(6-2)16-25-10-8-18(9-11-25)12-20-13-19-14-22(27-3)23(28-4)15-21(19)24(20)26/h5-7,14-15,18,20H,1-2,8-13,16H2,3-4H3/b17-7+. The van der Waals surface area contributed by atoms with E-state index in [0.717, 1.165) is 56.4 Å². The molecule has 2 aliphatic rings. The van der Waals surface area contributed by atoms with Gasteiger partial charge in [0.1, 0.15) is 0 Å². The molecule has 4 nitrogen and oxygen atoms in total. The molecule has 4 heteroatoms. The molecule has 1 heterocycles. The van der Waals surface area contributed by atoms with E-state index < -0.39 is 0 Å². The van der Waals surface area contributed by atoms with Crippen molar-refractivity contribution in [3.05, 3.63) is 60.2 Å². The molecule has 1 atom stereocenters. The van der Waals surface area contributed by atoms with E-state index in [1.807, 2.05) is 30.4 Å². The lowest BCUT2D eigenvalue weighted by atomic mass is 9.85. The van der Waals surface area contributed by atoms with Crippen molar-refractivity contribution in [3.8, 4) is 11.5 Å². The Kier molecular flexibility index (Phi) is 6.74. The van der Waals surface area contributed by atoms with Crippen molar-refractivity contribution in [1.82, 2.24) is 4.90 Å². The predicted molar refractivity (Wildman–Crippen MR) is 113 cm³/mol. The highest BCUT2D eigenvalue weighted by Gasteiger charge is 2.34. The highest BCUT2D eigenvalue weighted by atomic mass is 16.5. The van der Waals surface area contributed by atoms with Gasteiger partial charge in [0.2, 0.25) is 0 Å². The van der Waals surface area contributed by atoms with Crippen molar-refractivity contribution >= 4 is 5.78 Å². The Hall–Kier alpha value is -2.33. The molecule has 0 N–H and O–H groups in total. The molecule has 150 valence electrons. The second kappa shape index (κ2) is 9.24. The van der Waals surface area contributed by atoms with Gasteiger partial charge < -0.3 is 9.47 Å². The maximum Gasteiger partial charge on any atom is 0.166 e. The molecule has 0 saturated carbocycles. The van der Waals surface area contributed by atoms with Crippen LogP contribution in [0, 0.1) is 11.8 Å². The fourth-order valence-corrected chi connectivity index (χ4v) is 4.47. The molecule has 1 saturated heterocycles. The Labute approximate surface area is 168 Å². The van der Waals surface area contributed by atoms with Gasteiger partial charge >= 0.3 is 0 Å². The second-order valence-corrected chi connectivity index (χ2v) is 7.77. The van der Waals surface area contributed by atoms with Gasteiger partial charge in [-0.05, 0) is 68.0 Å². The molecule has 1 aromatic rings. The Morgan fingerprint density at radius 3 is 2.46 bits per heavy atom. The van der Waals surface area contributed by atoms with E-state index in [0.29, 0.717) is 17.4 Å². The normalized spacial score (nSPS) is 20.7. The molecular weight excluding hydrogens is 350 g/mol. The molecule has 0 aromatic heterocycles. The molecule has 0 amide bonds. The Morgan fingerprint density at radius 2 is 1.86 bits per heavy atom. The van der Waals surface area contributed by atoms with Crippen molar-refractivity contribution in [2.24, 2.45) is 11.8 Å². The van der Waals surface area contributed by atoms with Gasteiger partial charge in [-0.3, -0.25) is 9.69 Å². The number of benzene rings is 1. The molecular formula is C24H31NO3. The third-order valence-corrected chi connectivity index (χ3v) is 6.04. The highest BCUT2D eigenvalue weighted by molar-refractivity contribution is 6.02. The zero-order valence-electron chi connectivity index (χ0n) is 17.1. The monoisotopic (exact) mass is 381 g/mol. The molecule has 0 radical (unpaired) electrons. The topological polar surface area (TPSA) is 38.8 Å². The number of piperidine rings is 1. The smallest absolute Gasteiger partial charge is 0.166 e. The first-order chi connectivity index (χ1) is 13.6. The van der Waals surface area contributed by atoms with E-state index in [1.54, 1.807) is 14.2 Å². The van der Waals surface area contributed by atoms with Crippen LogP contribution in [0.15, 0.2) is 49.1 Å². The SMILES string of the molecule is C=C/C=C(\C=C)CN1CCC(CC2Cc3cc(OC)c(OC)cc3C2=O)CC1. The number of Topliss-reactive ketones (excluding diaryl/α,β-unsaturated/α-hetero) is 1. The van der Waals surface area contributed by atoms with E-state index in [-0.39, 0.29) is 11.7 Å². The lowest BCUT2D eigenvalue weighted by Crippen LogP contribution is -2.35. The van der Waals surface area contributed by atoms with Gasteiger partial charge in [-0.15, -0.1) is 0 Å². The number of likely N-dealkylation sites (tertiary alicyclic amines) is 1. The molecule has 1 aliphatic carbocycles.